The predicted molar refractivity (Wildman–Crippen MR) is 105 cm³/mol. The molecule has 0 bridgehead atoms. The third-order valence-corrected chi connectivity index (χ3v) is 6.53. The Morgan fingerprint density at radius 3 is 2.63 bits per heavy atom. The molecule has 0 saturated carbocycles. The van der Waals surface area contributed by atoms with E-state index in [1.165, 1.54) is 12.5 Å². The second-order valence-electron chi connectivity index (χ2n) is 7.21. The number of anilines is 1. The van der Waals surface area contributed by atoms with E-state index in [4.69, 9.17) is 16.3 Å². The van der Waals surface area contributed by atoms with Crippen molar-refractivity contribution < 1.29 is 13.2 Å². The monoisotopic (exact) mass is 407 g/mol. The summed E-state index contributed by atoms with van der Waals surface area (Å²) in [5.74, 6) is 0.697. The summed E-state index contributed by atoms with van der Waals surface area (Å²) in [4.78, 5) is 6.93. The van der Waals surface area contributed by atoms with Crippen LogP contribution in [-0.4, -0.2) is 56.3 Å². The van der Waals surface area contributed by atoms with Crippen LogP contribution in [0.3, 0.4) is 0 Å². The molecule has 0 amide bonds. The normalized spacial score (nSPS) is 25.9. The third kappa shape index (κ3) is 4.27. The SMILES string of the molecule is CS(=O)(=O)c1ccc(N[C@H]2C[C@H]3CO[C@@H](c4ccc(Cl)cc4)CN3C2)nc1. The summed E-state index contributed by atoms with van der Waals surface area (Å²) in [5, 5.41) is 4.15. The number of pyridine rings is 1. The first-order chi connectivity index (χ1) is 12.9. The van der Waals surface area contributed by atoms with Gasteiger partial charge in [-0.15, -0.1) is 0 Å². The molecule has 2 saturated heterocycles. The summed E-state index contributed by atoms with van der Waals surface area (Å²) in [6, 6.07) is 11.8. The molecule has 1 N–H and O–H groups in total. The van der Waals surface area contributed by atoms with Crippen molar-refractivity contribution >= 4 is 27.3 Å². The Labute approximate surface area is 164 Å². The van der Waals surface area contributed by atoms with Crippen LogP contribution in [0.5, 0.6) is 0 Å². The van der Waals surface area contributed by atoms with E-state index in [9.17, 15) is 8.42 Å². The van der Waals surface area contributed by atoms with Crippen LogP contribution in [0.4, 0.5) is 5.82 Å². The zero-order valence-electron chi connectivity index (χ0n) is 15.0. The van der Waals surface area contributed by atoms with E-state index in [0.29, 0.717) is 18.5 Å². The van der Waals surface area contributed by atoms with Crippen molar-refractivity contribution in [1.29, 1.82) is 0 Å². The average Bonchev–Trinajstić information content (AvgIpc) is 3.03. The van der Waals surface area contributed by atoms with Gasteiger partial charge in [0.15, 0.2) is 9.84 Å². The molecule has 0 unspecified atom stereocenters. The molecule has 144 valence electrons. The van der Waals surface area contributed by atoms with Crippen molar-refractivity contribution in [2.24, 2.45) is 0 Å². The Morgan fingerprint density at radius 2 is 1.96 bits per heavy atom. The quantitative estimate of drug-likeness (QED) is 0.840. The van der Waals surface area contributed by atoms with Gasteiger partial charge in [0.1, 0.15) is 5.82 Å². The zero-order chi connectivity index (χ0) is 19.0. The van der Waals surface area contributed by atoms with Gasteiger partial charge in [-0.25, -0.2) is 13.4 Å². The summed E-state index contributed by atoms with van der Waals surface area (Å²) in [6.45, 7) is 2.46. The number of morpholine rings is 1. The van der Waals surface area contributed by atoms with Crippen molar-refractivity contribution in [2.45, 2.75) is 29.5 Å². The first-order valence-electron chi connectivity index (χ1n) is 8.92. The predicted octanol–water partition coefficient (Wildman–Crippen LogP) is 2.76. The highest BCUT2D eigenvalue weighted by Crippen LogP contribution is 2.31. The van der Waals surface area contributed by atoms with Gasteiger partial charge in [-0.1, -0.05) is 23.7 Å². The lowest BCUT2D eigenvalue weighted by atomic mass is 10.1. The lowest BCUT2D eigenvalue weighted by Gasteiger charge is -2.35. The first-order valence-corrected chi connectivity index (χ1v) is 11.2. The number of halogens is 1. The molecule has 1 aromatic heterocycles. The number of ether oxygens (including phenoxy) is 1. The second-order valence-corrected chi connectivity index (χ2v) is 9.66. The van der Waals surface area contributed by atoms with E-state index in [1.807, 2.05) is 24.3 Å². The van der Waals surface area contributed by atoms with Gasteiger partial charge in [-0.05, 0) is 36.2 Å². The molecule has 2 fully saturated rings. The topological polar surface area (TPSA) is 71.5 Å². The maximum Gasteiger partial charge on any atom is 0.177 e. The van der Waals surface area contributed by atoms with Crippen molar-refractivity contribution in [3.05, 3.63) is 53.2 Å². The molecule has 4 rings (SSSR count). The Balaban J connectivity index is 1.38. The zero-order valence-corrected chi connectivity index (χ0v) is 16.6. The number of benzene rings is 1. The van der Waals surface area contributed by atoms with Crippen molar-refractivity contribution in [3.63, 3.8) is 0 Å². The van der Waals surface area contributed by atoms with Crippen molar-refractivity contribution in [2.75, 3.05) is 31.3 Å². The molecule has 6 nitrogen and oxygen atoms in total. The molecule has 27 heavy (non-hydrogen) atoms. The minimum absolute atomic E-state index is 0.0597. The molecule has 3 atom stereocenters. The van der Waals surface area contributed by atoms with Crippen molar-refractivity contribution in [3.8, 4) is 0 Å². The van der Waals surface area contributed by atoms with Gasteiger partial charge in [-0.3, -0.25) is 4.90 Å². The van der Waals surface area contributed by atoms with Crippen LogP contribution in [0.15, 0.2) is 47.5 Å². The number of nitrogens with zero attached hydrogens (tertiary/aromatic N) is 2. The Hall–Kier alpha value is -1.67. The number of rotatable bonds is 4. The van der Waals surface area contributed by atoms with E-state index < -0.39 is 9.84 Å². The highest BCUT2D eigenvalue weighted by Gasteiger charge is 2.37. The molecule has 0 radical (unpaired) electrons. The first kappa shape index (κ1) is 18.7. The molecule has 0 aliphatic carbocycles. The molecule has 2 aliphatic heterocycles. The van der Waals surface area contributed by atoms with Gasteiger partial charge in [-0.2, -0.15) is 0 Å². The van der Waals surface area contributed by atoms with Gasteiger partial charge < -0.3 is 10.1 Å². The Morgan fingerprint density at radius 1 is 1.19 bits per heavy atom. The molecule has 2 aromatic rings. The third-order valence-electron chi connectivity index (χ3n) is 5.18. The summed E-state index contributed by atoms with van der Waals surface area (Å²) in [6.07, 6.45) is 3.62. The minimum Gasteiger partial charge on any atom is -0.371 e. The van der Waals surface area contributed by atoms with Crippen LogP contribution in [0, 0.1) is 0 Å². The van der Waals surface area contributed by atoms with Gasteiger partial charge in [0, 0.05) is 42.6 Å². The maximum atomic E-state index is 11.5. The van der Waals surface area contributed by atoms with E-state index in [1.54, 1.807) is 12.1 Å². The van der Waals surface area contributed by atoms with Crippen LogP contribution < -0.4 is 5.32 Å². The van der Waals surface area contributed by atoms with Gasteiger partial charge in [0.05, 0.1) is 17.6 Å². The molecular weight excluding hydrogens is 386 g/mol. The average molecular weight is 408 g/mol. The Bertz CT molecular complexity index is 903. The van der Waals surface area contributed by atoms with E-state index >= 15 is 0 Å². The fourth-order valence-electron chi connectivity index (χ4n) is 3.75. The van der Waals surface area contributed by atoms with Gasteiger partial charge >= 0.3 is 0 Å². The number of hydrogen-bond donors (Lipinski definition) is 1. The number of fused-ring (bicyclic) bond motifs is 1. The molecule has 1 aromatic carbocycles. The minimum atomic E-state index is -3.22. The Kier molecular flexibility index (Phi) is 5.11. The van der Waals surface area contributed by atoms with Crippen molar-refractivity contribution in [1.82, 2.24) is 9.88 Å². The lowest BCUT2D eigenvalue weighted by molar-refractivity contribution is -0.0501. The molecule has 2 aliphatic rings. The maximum absolute atomic E-state index is 11.5. The van der Waals surface area contributed by atoms with Crippen LogP contribution >= 0.6 is 11.6 Å². The molecule has 3 heterocycles. The van der Waals surface area contributed by atoms with E-state index in [2.05, 4.69) is 15.2 Å². The number of nitrogens with one attached hydrogen (secondary N) is 1. The van der Waals surface area contributed by atoms with E-state index in [-0.39, 0.29) is 17.0 Å². The van der Waals surface area contributed by atoms with Crippen LogP contribution in [0.2, 0.25) is 5.02 Å². The van der Waals surface area contributed by atoms with E-state index in [0.717, 1.165) is 30.1 Å². The summed E-state index contributed by atoms with van der Waals surface area (Å²) >= 11 is 5.97. The largest absolute Gasteiger partial charge is 0.371 e. The molecular formula is C19H22ClN3O3S. The highest BCUT2D eigenvalue weighted by atomic mass is 35.5. The second kappa shape index (κ2) is 7.39. The van der Waals surface area contributed by atoms with Crippen LogP contribution in [0.1, 0.15) is 18.1 Å². The smallest absolute Gasteiger partial charge is 0.177 e. The number of hydrogen-bond acceptors (Lipinski definition) is 6. The fraction of sp³-hybridized carbons (Fsp3) is 0.421. The molecule has 8 heteroatoms. The fourth-order valence-corrected chi connectivity index (χ4v) is 4.44. The summed E-state index contributed by atoms with van der Waals surface area (Å²) in [5.41, 5.74) is 1.15. The van der Waals surface area contributed by atoms with Gasteiger partial charge in [0.2, 0.25) is 0 Å². The highest BCUT2D eigenvalue weighted by molar-refractivity contribution is 7.90. The van der Waals surface area contributed by atoms with Crippen LogP contribution in [0.25, 0.3) is 0 Å². The van der Waals surface area contributed by atoms with Crippen LogP contribution in [-0.2, 0) is 14.6 Å². The summed E-state index contributed by atoms with van der Waals surface area (Å²) < 4.78 is 29.1. The standard InChI is InChI=1S/C19H22ClN3O3S/c1-27(24,25)17-6-7-19(21-9-17)22-15-8-16-12-26-18(11-23(16)10-15)13-2-4-14(20)5-3-13/h2-7,9,15-16,18H,8,10-12H2,1H3,(H,21,22)/t15-,16-,18+/m0/s1. The number of aromatic nitrogens is 1. The molecule has 0 spiro atoms. The van der Waals surface area contributed by atoms with Gasteiger partial charge in [0.25, 0.3) is 0 Å². The lowest BCUT2D eigenvalue weighted by Crippen LogP contribution is -2.42. The summed E-state index contributed by atoms with van der Waals surface area (Å²) in [7, 11) is -3.22. The number of sulfone groups is 1.